The Labute approximate surface area is 62.4 Å². The molecule has 1 heteroatoms. The van der Waals surface area contributed by atoms with Gasteiger partial charge < -0.3 is 0 Å². The zero-order valence-corrected chi connectivity index (χ0v) is 6.44. The maximum atomic E-state index is 11.1. The summed E-state index contributed by atoms with van der Waals surface area (Å²) in [5.74, 6) is 0. The van der Waals surface area contributed by atoms with Crippen LogP contribution in [0.3, 0.4) is 0 Å². The first-order valence-electron chi connectivity index (χ1n) is 4.47. The molecule has 2 rings (SSSR count). The van der Waals surface area contributed by atoms with E-state index in [1.54, 1.807) is 0 Å². The van der Waals surface area contributed by atoms with Crippen LogP contribution in [0.15, 0.2) is 0 Å². The van der Waals surface area contributed by atoms with Crippen LogP contribution in [0, 0.1) is 5.41 Å². The van der Waals surface area contributed by atoms with E-state index in [0.717, 1.165) is 12.8 Å². The van der Waals surface area contributed by atoms with E-state index in [1.165, 1.54) is 32.1 Å². The van der Waals surface area contributed by atoms with Crippen molar-refractivity contribution in [3.05, 3.63) is 0 Å². The lowest BCUT2D eigenvalue weighted by Gasteiger charge is -2.20. The molecule has 0 aromatic rings. The van der Waals surface area contributed by atoms with Crippen LogP contribution >= 0.6 is 0 Å². The Hall–Kier alpha value is -0.0400. The van der Waals surface area contributed by atoms with Gasteiger partial charge in [-0.05, 0) is 37.5 Å². The molecular formula is C9H15O. The summed E-state index contributed by atoms with van der Waals surface area (Å²) in [5.41, 5.74) is 0.548. The second-order valence-electron chi connectivity index (χ2n) is 4.07. The van der Waals surface area contributed by atoms with Gasteiger partial charge in [-0.25, -0.2) is 5.11 Å². The van der Waals surface area contributed by atoms with Crippen LogP contribution in [-0.4, -0.2) is 6.10 Å². The van der Waals surface area contributed by atoms with Gasteiger partial charge in [0.2, 0.25) is 0 Å². The van der Waals surface area contributed by atoms with E-state index in [4.69, 9.17) is 0 Å². The molecule has 0 amide bonds. The average Bonchev–Trinajstić information content (AvgIpc) is 2.46. The van der Waals surface area contributed by atoms with Gasteiger partial charge in [0, 0.05) is 0 Å². The predicted octanol–water partition coefficient (Wildman–Crippen LogP) is 2.53. The van der Waals surface area contributed by atoms with Crippen molar-refractivity contribution in [2.45, 2.75) is 51.0 Å². The topological polar surface area (TPSA) is 19.9 Å². The van der Waals surface area contributed by atoms with Crippen LogP contribution in [0.2, 0.25) is 0 Å². The van der Waals surface area contributed by atoms with Crippen molar-refractivity contribution < 1.29 is 5.11 Å². The largest absolute Gasteiger partial charge is 0.233 e. The summed E-state index contributed by atoms with van der Waals surface area (Å²) < 4.78 is 0. The SMILES string of the molecule is [O]C1CCC2(CCCC2)C1. The summed E-state index contributed by atoms with van der Waals surface area (Å²) >= 11 is 0. The van der Waals surface area contributed by atoms with Crippen molar-refractivity contribution in [3.8, 4) is 0 Å². The minimum Gasteiger partial charge on any atom is -0.233 e. The molecule has 1 radical (unpaired) electrons. The van der Waals surface area contributed by atoms with Crippen molar-refractivity contribution in [2.24, 2.45) is 5.41 Å². The highest BCUT2D eigenvalue weighted by atomic mass is 16.3. The Balaban J connectivity index is 2.03. The average molecular weight is 139 g/mol. The third-order valence-electron chi connectivity index (χ3n) is 3.32. The molecule has 2 aliphatic rings. The van der Waals surface area contributed by atoms with Gasteiger partial charge in [0.15, 0.2) is 0 Å². The smallest absolute Gasteiger partial charge is 0.0935 e. The molecule has 0 bridgehead atoms. The summed E-state index contributed by atoms with van der Waals surface area (Å²) in [4.78, 5) is 0. The van der Waals surface area contributed by atoms with Crippen molar-refractivity contribution in [2.75, 3.05) is 0 Å². The molecule has 10 heavy (non-hydrogen) atoms. The normalized spacial score (nSPS) is 37.5. The highest BCUT2D eigenvalue weighted by molar-refractivity contribution is 4.92. The zero-order valence-electron chi connectivity index (χ0n) is 6.44. The van der Waals surface area contributed by atoms with Gasteiger partial charge in [-0.2, -0.15) is 0 Å². The molecule has 2 aliphatic carbocycles. The maximum absolute atomic E-state index is 11.1. The predicted molar refractivity (Wildman–Crippen MR) is 39.2 cm³/mol. The first kappa shape index (κ1) is 6.66. The third kappa shape index (κ3) is 0.968. The fourth-order valence-electron chi connectivity index (χ4n) is 2.73. The minimum atomic E-state index is -0.210. The monoisotopic (exact) mass is 139 g/mol. The van der Waals surface area contributed by atoms with Gasteiger partial charge in [-0.3, -0.25) is 0 Å². The first-order chi connectivity index (χ1) is 4.81. The van der Waals surface area contributed by atoms with E-state index in [0.29, 0.717) is 5.41 Å². The van der Waals surface area contributed by atoms with E-state index in [1.807, 2.05) is 0 Å². The summed E-state index contributed by atoms with van der Waals surface area (Å²) in [6.45, 7) is 0. The number of rotatable bonds is 0. The fourth-order valence-corrected chi connectivity index (χ4v) is 2.73. The second-order valence-corrected chi connectivity index (χ2v) is 4.07. The van der Waals surface area contributed by atoms with Crippen molar-refractivity contribution in [1.29, 1.82) is 0 Å². The summed E-state index contributed by atoms with van der Waals surface area (Å²) in [7, 11) is 0. The summed E-state index contributed by atoms with van der Waals surface area (Å²) in [6, 6.07) is 0. The number of hydrogen-bond donors (Lipinski definition) is 0. The van der Waals surface area contributed by atoms with Crippen LogP contribution in [0.1, 0.15) is 44.9 Å². The third-order valence-corrected chi connectivity index (χ3v) is 3.32. The van der Waals surface area contributed by atoms with Crippen molar-refractivity contribution in [3.63, 3.8) is 0 Å². The Morgan fingerprint density at radius 2 is 1.80 bits per heavy atom. The molecule has 57 valence electrons. The molecule has 2 fully saturated rings. The Morgan fingerprint density at radius 3 is 2.30 bits per heavy atom. The zero-order chi connectivity index (χ0) is 7.03. The van der Waals surface area contributed by atoms with E-state index in [9.17, 15) is 5.11 Å². The van der Waals surface area contributed by atoms with Crippen molar-refractivity contribution in [1.82, 2.24) is 0 Å². The maximum Gasteiger partial charge on any atom is 0.0935 e. The quantitative estimate of drug-likeness (QED) is 0.491. The van der Waals surface area contributed by atoms with Gasteiger partial charge >= 0.3 is 0 Å². The molecule has 1 unspecified atom stereocenters. The summed E-state index contributed by atoms with van der Waals surface area (Å²) in [6.07, 6.45) is 8.45. The lowest BCUT2D eigenvalue weighted by atomic mass is 9.85. The summed E-state index contributed by atoms with van der Waals surface area (Å²) in [5, 5.41) is 11.1. The molecule has 0 aliphatic heterocycles. The van der Waals surface area contributed by atoms with Crippen LogP contribution in [0.4, 0.5) is 0 Å². The van der Waals surface area contributed by atoms with Gasteiger partial charge in [-0.1, -0.05) is 12.8 Å². The molecule has 2 saturated carbocycles. The van der Waals surface area contributed by atoms with Crippen LogP contribution in [-0.2, 0) is 5.11 Å². The van der Waals surface area contributed by atoms with Gasteiger partial charge in [0.05, 0.1) is 6.10 Å². The lowest BCUT2D eigenvalue weighted by molar-refractivity contribution is 0.0824. The molecule has 1 nitrogen and oxygen atoms in total. The number of hydrogen-bond acceptors (Lipinski definition) is 0. The Morgan fingerprint density at radius 1 is 1.10 bits per heavy atom. The second kappa shape index (κ2) is 2.23. The van der Waals surface area contributed by atoms with E-state index in [2.05, 4.69) is 0 Å². The van der Waals surface area contributed by atoms with Gasteiger partial charge in [-0.15, -0.1) is 0 Å². The molecular weight excluding hydrogens is 124 g/mol. The Bertz CT molecular complexity index is 125. The molecule has 0 saturated heterocycles. The molecule has 0 aromatic carbocycles. The van der Waals surface area contributed by atoms with Gasteiger partial charge in [0.25, 0.3) is 0 Å². The van der Waals surface area contributed by atoms with E-state index < -0.39 is 0 Å². The Kier molecular flexibility index (Phi) is 1.48. The highest BCUT2D eigenvalue weighted by Crippen LogP contribution is 2.50. The molecule has 1 spiro atoms. The first-order valence-corrected chi connectivity index (χ1v) is 4.47. The van der Waals surface area contributed by atoms with E-state index >= 15 is 0 Å². The minimum absolute atomic E-state index is 0.210. The van der Waals surface area contributed by atoms with Gasteiger partial charge in [0.1, 0.15) is 0 Å². The van der Waals surface area contributed by atoms with Crippen LogP contribution < -0.4 is 0 Å². The molecule has 0 aromatic heterocycles. The fraction of sp³-hybridized carbons (Fsp3) is 1.00. The lowest BCUT2D eigenvalue weighted by Crippen LogP contribution is -2.11. The molecule has 1 atom stereocenters. The molecule has 0 N–H and O–H groups in total. The molecule has 0 heterocycles. The van der Waals surface area contributed by atoms with E-state index in [-0.39, 0.29) is 6.10 Å². The highest BCUT2D eigenvalue weighted by Gasteiger charge is 2.40. The van der Waals surface area contributed by atoms with Crippen LogP contribution in [0.25, 0.3) is 0 Å². The van der Waals surface area contributed by atoms with Crippen LogP contribution in [0.5, 0.6) is 0 Å². The standard InChI is InChI=1S/C9H15O/c10-8-3-6-9(7-8)4-1-2-5-9/h8H,1-7H2. The van der Waals surface area contributed by atoms with Crippen molar-refractivity contribution >= 4 is 0 Å².